The van der Waals surface area contributed by atoms with Crippen molar-refractivity contribution in [3.63, 3.8) is 0 Å². The van der Waals surface area contributed by atoms with Gasteiger partial charge in [-0.3, -0.25) is 4.79 Å². The molecule has 6 heteroatoms. The van der Waals surface area contributed by atoms with Crippen LogP contribution in [0, 0.1) is 11.3 Å². The molecule has 1 amide bonds. The number of anilines is 1. The number of benzene rings is 1. The average Bonchev–Trinajstić information content (AvgIpc) is 2.86. The summed E-state index contributed by atoms with van der Waals surface area (Å²) >= 11 is 10.9. The van der Waals surface area contributed by atoms with Gasteiger partial charge < -0.3 is 5.32 Å². The van der Waals surface area contributed by atoms with Gasteiger partial charge in [0.15, 0.2) is 0 Å². The van der Waals surface area contributed by atoms with Crippen molar-refractivity contribution in [3.05, 3.63) is 49.3 Å². The SMILES string of the molecule is N#Cc1c(NC(=O)c2cc(Br)ccc2Cl)sc2c1CCCC2. The zero-order chi connectivity index (χ0) is 15.7. The Morgan fingerprint density at radius 2 is 2.14 bits per heavy atom. The number of amides is 1. The van der Waals surface area contributed by atoms with Crippen molar-refractivity contribution >= 4 is 49.8 Å². The quantitative estimate of drug-likeness (QED) is 0.763. The molecule has 1 aromatic heterocycles. The molecule has 0 radical (unpaired) electrons. The monoisotopic (exact) mass is 394 g/mol. The van der Waals surface area contributed by atoms with E-state index in [1.165, 1.54) is 16.2 Å². The van der Waals surface area contributed by atoms with Gasteiger partial charge in [-0.1, -0.05) is 27.5 Å². The first-order chi connectivity index (χ1) is 10.6. The molecule has 1 aromatic carbocycles. The molecule has 3 rings (SSSR count). The number of aryl methyl sites for hydroxylation is 1. The summed E-state index contributed by atoms with van der Waals surface area (Å²) in [6.45, 7) is 0. The van der Waals surface area contributed by atoms with E-state index in [4.69, 9.17) is 11.6 Å². The molecule has 0 saturated heterocycles. The van der Waals surface area contributed by atoms with Gasteiger partial charge in [0.25, 0.3) is 5.91 Å². The van der Waals surface area contributed by atoms with E-state index in [1.54, 1.807) is 18.2 Å². The lowest BCUT2D eigenvalue weighted by Gasteiger charge is -2.09. The highest BCUT2D eigenvalue weighted by Gasteiger charge is 2.22. The summed E-state index contributed by atoms with van der Waals surface area (Å²) in [5, 5.41) is 13.3. The molecule has 0 spiro atoms. The molecule has 2 aromatic rings. The van der Waals surface area contributed by atoms with Crippen molar-refractivity contribution in [1.29, 1.82) is 5.26 Å². The Kier molecular flexibility index (Phi) is 4.53. The molecule has 1 N–H and O–H groups in total. The Morgan fingerprint density at radius 1 is 1.36 bits per heavy atom. The first kappa shape index (κ1) is 15.5. The highest BCUT2D eigenvalue weighted by molar-refractivity contribution is 9.10. The fraction of sp³-hybridized carbons (Fsp3) is 0.250. The minimum Gasteiger partial charge on any atom is -0.312 e. The van der Waals surface area contributed by atoms with E-state index in [9.17, 15) is 10.1 Å². The van der Waals surface area contributed by atoms with Crippen LogP contribution in [0.5, 0.6) is 0 Å². The summed E-state index contributed by atoms with van der Waals surface area (Å²) in [5.74, 6) is -0.290. The van der Waals surface area contributed by atoms with Gasteiger partial charge >= 0.3 is 0 Å². The minimum absolute atomic E-state index is 0.290. The van der Waals surface area contributed by atoms with Crippen LogP contribution >= 0.6 is 38.9 Å². The number of nitrogens with zero attached hydrogens (tertiary/aromatic N) is 1. The predicted molar refractivity (Wildman–Crippen MR) is 92.8 cm³/mol. The number of hydrogen-bond donors (Lipinski definition) is 1. The molecule has 3 nitrogen and oxygen atoms in total. The second-order valence-corrected chi connectivity index (χ2v) is 7.53. The molecule has 1 aliphatic rings. The van der Waals surface area contributed by atoms with Crippen molar-refractivity contribution in [1.82, 2.24) is 0 Å². The first-order valence-corrected chi connectivity index (χ1v) is 8.90. The van der Waals surface area contributed by atoms with Crippen LogP contribution in [0.1, 0.15) is 39.2 Å². The minimum atomic E-state index is -0.290. The number of fused-ring (bicyclic) bond motifs is 1. The number of carbonyl (C=O) groups is 1. The molecular formula is C16H12BrClN2OS. The van der Waals surface area contributed by atoms with Crippen molar-refractivity contribution in [2.75, 3.05) is 5.32 Å². The third-order valence-corrected chi connectivity index (χ3v) is 5.71. The fourth-order valence-electron chi connectivity index (χ4n) is 2.61. The van der Waals surface area contributed by atoms with Crippen LogP contribution in [-0.4, -0.2) is 5.91 Å². The summed E-state index contributed by atoms with van der Waals surface area (Å²) in [7, 11) is 0. The van der Waals surface area contributed by atoms with Gasteiger partial charge in [-0.15, -0.1) is 11.3 Å². The van der Waals surface area contributed by atoms with Crippen LogP contribution in [0.15, 0.2) is 22.7 Å². The molecule has 0 saturated carbocycles. The normalized spacial score (nSPS) is 13.3. The molecule has 1 heterocycles. The van der Waals surface area contributed by atoms with E-state index in [-0.39, 0.29) is 5.91 Å². The van der Waals surface area contributed by atoms with E-state index in [1.807, 2.05) is 0 Å². The van der Waals surface area contributed by atoms with Gasteiger partial charge in [0.1, 0.15) is 11.1 Å². The average molecular weight is 396 g/mol. The predicted octanol–water partition coefficient (Wildman–Crippen LogP) is 5.17. The van der Waals surface area contributed by atoms with E-state index >= 15 is 0 Å². The molecule has 0 bridgehead atoms. The highest BCUT2D eigenvalue weighted by Crippen LogP contribution is 2.38. The number of thiophene rings is 1. The maximum absolute atomic E-state index is 12.4. The van der Waals surface area contributed by atoms with E-state index in [0.29, 0.717) is 21.2 Å². The third kappa shape index (κ3) is 2.91. The molecule has 0 fully saturated rings. The van der Waals surface area contributed by atoms with Crippen LogP contribution in [0.4, 0.5) is 5.00 Å². The maximum Gasteiger partial charge on any atom is 0.257 e. The van der Waals surface area contributed by atoms with Gasteiger partial charge in [0.05, 0.1) is 16.1 Å². The largest absolute Gasteiger partial charge is 0.312 e. The Hall–Kier alpha value is -1.35. The number of halogens is 2. The van der Waals surface area contributed by atoms with Gasteiger partial charge in [-0.25, -0.2) is 0 Å². The number of nitrogens with one attached hydrogen (secondary N) is 1. The lowest BCUT2D eigenvalue weighted by atomic mass is 9.96. The van der Waals surface area contributed by atoms with Crippen LogP contribution in [0.3, 0.4) is 0 Å². The summed E-state index contributed by atoms with van der Waals surface area (Å²) < 4.78 is 0.785. The standard InChI is InChI=1S/C16H12BrClN2OS/c17-9-5-6-13(18)11(7-9)15(21)20-16-12(8-19)10-3-1-2-4-14(10)22-16/h5-7H,1-4H2,(H,20,21). The number of carbonyl (C=O) groups excluding carboxylic acids is 1. The number of nitriles is 1. The van der Waals surface area contributed by atoms with Gasteiger partial charge in [0, 0.05) is 9.35 Å². The molecule has 22 heavy (non-hydrogen) atoms. The highest BCUT2D eigenvalue weighted by atomic mass is 79.9. The van der Waals surface area contributed by atoms with Crippen LogP contribution in [0.25, 0.3) is 0 Å². The molecule has 0 aliphatic heterocycles. The fourth-order valence-corrected chi connectivity index (χ4v) is 4.41. The summed E-state index contributed by atoms with van der Waals surface area (Å²) in [4.78, 5) is 13.7. The Bertz CT molecular complexity index is 794. The smallest absolute Gasteiger partial charge is 0.257 e. The van der Waals surface area contributed by atoms with Crippen molar-refractivity contribution < 1.29 is 4.79 Å². The lowest BCUT2D eigenvalue weighted by molar-refractivity contribution is 0.102. The zero-order valence-corrected chi connectivity index (χ0v) is 14.7. The molecule has 1 aliphatic carbocycles. The molecule has 0 atom stereocenters. The second-order valence-electron chi connectivity index (χ2n) is 5.11. The summed E-state index contributed by atoms with van der Waals surface area (Å²) in [5.41, 5.74) is 2.11. The van der Waals surface area contributed by atoms with Crippen LogP contribution < -0.4 is 5.32 Å². The van der Waals surface area contributed by atoms with E-state index < -0.39 is 0 Å². The van der Waals surface area contributed by atoms with Crippen molar-refractivity contribution in [2.24, 2.45) is 0 Å². The Morgan fingerprint density at radius 3 is 2.91 bits per heavy atom. The third-order valence-electron chi connectivity index (χ3n) is 3.68. The number of hydrogen-bond acceptors (Lipinski definition) is 3. The Balaban J connectivity index is 1.93. The van der Waals surface area contributed by atoms with E-state index in [2.05, 4.69) is 27.3 Å². The first-order valence-electron chi connectivity index (χ1n) is 6.91. The topological polar surface area (TPSA) is 52.9 Å². The van der Waals surface area contributed by atoms with E-state index in [0.717, 1.165) is 35.7 Å². The van der Waals surface area contributed by atoms with Crippen molar-refractivity contribution in [2.45, 2.75) is 25.7 Å². The second kappa shape index (κ2) is 6.41. The van der Waals surface area contributed by atoms with Crippen LogP contribution in [0.2, 0.25) is 5.02 Å². The lowest BCUT2D eigenvalue weighted by Crippen LogP contribution is -2.12. The van der Waals surface area contributed by atoms with Gasteiger partial charge in [0.2, 0.25) is 0 Å². The summed E-state index contributed by atoms with van der Waals surface area (Å²) in [6.07, 6.45) is 4.15. The van der Waals surface area contributed by atoms with Gasteiger partial charge in [-0.2, -0.15) is 5.26 Å². The van der Waals surface area contributed by atoms with Crippen molar-refractivity contribution in [3.8, 4) is 6.07 Å². The molecule has 112 valence electrons. The molecular weight excluding hydrogens is 384 g/mol. The zero-order valence-electron chi connectivity index (χ0n) is 11.6. The van der Waals surface area contributed by atoms with Crippen LogP contribution in [-0.2, 0) is 12.8 Å². The van der Waals surface area contributed by atoms with Gasteiger partial charge in [-0.05, 0) is 49.4 Å². The Labute approximate surface area is 146 Å². The maximum atomic E-state index is 12.4. The summed E-state index contributed by atoms with van der Waals surface area (Å²) in [6, 6.07) is 7.37. The molecule has 0 unspecified atom stereocenters. The number of rotatable bonds is 2.